The second-order valence-corrected chi connectivity index (χ2v) is 11.2. The predicted octanol–water partition coefficient (Wildman–Crippen LogP) is 2.56. The summed E-state index contributed by atoms with van der Waals surface area (Å²) in [5.74, 6) is 0. The quantitative estimate of drug-likeness (QED) is 0.485. The van der Waals surface area contributed by atoms with Crippen LogP contribution in [0.1, 0.15) is 6.92 Å². The third-order valence-electron chi connectivity index (χ3n) is 1.52. The Kier molecular flexibility index (Phi) is 2.22. The van der Waals surface area contributed by atoms with Gasteiger partial charge in [0.2, 0.25) is 0 Å². The molecule has 0 aromatic heterocycles. The Labute approximate surface area is 60.7 Å². The summed E-state index contributed by atoms with van der Waals surface area (Å²) < 4.78 is 9.25. The van der Waals surface area contributed by atoms with Gasteiger partial charge in [0.05, 0.1) is 0 Å². The van der Waals surface area contributed by atoms with Crippen LogP contribution < -0.4 is 0 Å². The van der Waals surface area contributed by atoms with Crippen molar-refractivity contribution in [3.8, 4) is 0 Å². The van der Waals surface area contributed by atoms with Crippen molar-refractivity contribution in [1.29, 1.82) is 0 Å². The van der Waals surface area contributed by atoms with Gasteiger partial charge in [-0.15, -0.1) is 0 Å². The van der Waals surface area contributed by atoms with Crippen LogP contribution in [0.4, 0.5) is 0 Å². The summed E-state index contributed by atoms with van der Waals surface area (Å²) >= 11 is -1.52. The van der Waals surface area contributed by atoms with Gasteiger partial charge in [-0.1, -0.05) is 0 Å². The first-order valence-electron chi connectivity index (χ1n) is 3.14. The molecule has 52 valence electrons. The molecule has 1 aliphatic heterocycles. The van der Waals surface area contributed by atoms with Crippen LogP contribution in [0.3, 0.4) is 0 Å². The van der Waals surface area contributed by atoms with Gasteiger partial charge in [-0.25, -0.2) is 0 Å². The van der Waals surface area contributed by atoms with Crippen LogP contribution in [-0.4, -0.2) is 13.4 Å². The summed E-state index contributed by atoms with van der Waals surface area (Å²) in [5.41, 5.74) is 0. The van der Waals surface area contributed by atoms with Crippen LogP contribution in [0.5, 0.6) is 0 Å². The van der Waals surface area contributed by atoms with Gasteiger partial charge in [-0.2, -0.15) is 0 Å². The fraction of sp³-hybridized carbons (Fsp3) is 0.375. The molecule has 0 bridgehead atoms. The summed E-state index contributed by atoms with van der Waals surface area (Å²) in [6.45, 7) is 2.26. The Bertz CT molecular complexity index is 187. The molecule has 1 aliphatic rings. The molecular formula is C8H13I. The van der Waals surface area contributed by atoms with E-state index in [9.17, 15) is 0 Å². The molecule has 0 aromatic rings. The third kappa shape index (κ3) is 1.75. The number of rotatable bonds is 1. The third-order valence-corrected chi connectivity index (χ3v) is 8.76. The molecule has 0 saturated carbocycles. The zero-order valence-corrected chi connectivity index (χ0v) is 7.97. The van der Waals surface area contributed by atoms with Gasteiger partial charge in [-0.05, 0) is 0 Å². The molecule has 0 N–H and O–H groups in total. The Morgan fingerprint density at radius 2 is 2.33 bits per heavy atom. The average Bonchev–Trinajstić information content (AvgIpc) is 1.90. The fourth-order valence-electron chi connectivity index (χ4n) is 0.753. The Balaban J connectivity index is 2.75. The maximum atomic E-state index is 4.29. The first-order chi connectivity index (χ1) is 4.27. The minimum absolute atomic E-state index is 1.28. The average molecular weight is 236 g/mol. The van der Waals surface area contributed by atoms with Crippen molar-refractivity contribution in [1.82, 2.24) is 0 Å². The zero-order valence-electron chi connectivity index (χ0n) is 5.81. The molecule has 0 radical (unpaired) electrons. The molecule has 1 heterocycles. The molecule has 0 amide bonds. The molecular weight excluding hydrogens is 223 g/mol. The van der Waals surface area contributed by atoms with Crippen LogP contribution in [-0.2, 0) is 0 Å². The molecule has 1 atom stereocenters. The first kappa shape index (κ1) is 7.19. The fourth-order valence-corrected chi connectivity index (χ4v) is 4.61. The number of hydrogen-bond acceptors (Lipinski definition) is 0. The van der Waals surface area contributed by atoms with Crippen LogP contribution in [0.15, 0.2) is 22.3 Å². The van der Waals surface area contributed by atoms with E-state index in [2.05, 4.69) is 33.7 Å². The summed E-state index contributed by atoms with van der Waals surface area (Å²) in [5, 5.41) is 0. The second kappa shape index (κ2) is 2.78. The van der Waals surface area contributed by atoms with E-state index in [4.69, 9.17) is 0 Å². The molecule has 1 rings (SSSR count). The Morgan fingerprint density at radius 3 is 2.67 bits per heavy atom. The van der Waals surface area contributed by atoms with E-state index >= 15 is 0 Å². The van der Waals surface area contributed by atoms with E-state index in [0.29, 0.717) is 0 Å². The second-order valence-electron chi connectivity index (χ2n) is 2.20. The number of hydrogen-bond donors (Lipinski definition) is 0. The van der Waals surface area contributed by atoms with Crippen LogP contribution in [0.25, 0.3) is 0 Å². The molecule has 0 nitrogen and oxygen atoms in total. The molecule has 9 heavy (non-hydrogen) atoms. The molecule has 0 fully saturated rings. The van der Waals surface area contributed by atoms with Gasteiger partial charge in [-0.3, -0.25) is 0 Å². The van der Waals surface area contributed by atoms with Crippen LogP contribution in [0, 0.1) is 0 Å². The van der Waals surface area contributed by atoms with E-state index in [1.54, 1.807) is 0 Å². The SMILES string of the molecule is C=I1(CC)C=CC=CC1. The normalized spacial score (nSPS) is 40.1. The molecule has 0 aliphatic carbocycles. The van der Waals surface area contributed by atoms with E-state index in [-0.39, 0.29) is 0 Å². The van der Waals surface area contributed by atoms with Crippen molar-refractivity contribution in [3.63, 3.8) is 0 Å². The minimum atomic E-state index is -1.52. The van der Waals surface area contributed by atoms with Crippen LogP contribution in [0.2, 0.25) is 0 Å². The monoisotopic (exact) mass is 236 g/mol. The maximum absolute atomic E-state index is 4.29. The molecule has 1 heteroatoms. The predicted molar refractivity (Wildman–Crippen MR) is 54.8 cm³/mol. The topological polar surface area (TPSA) is 0 Å². The van der Waals surface area contributed by atoms with Gasteiger partial charge in [0.25, 0.3) is 0 Å². The summed E-state index contributed by atoms with van der Waals surface area (Å²) in [6.07, 6.45) is 6.55. The number of allylic oxidation sites excluding steroid dienone is 3. The molecule has 0 aromatic carbocycles. The van der Waals surface area contributed by atoms with E-state index < -0.39 is 18.0 Å². The van der Waals surface area contributed by atoms with Crippen LogP contribution >= 0.6 is 18.0 Å². The van der Waals surface area contributed by atoms with Crippen molar-refractivity contribution in [2.45, 2.75) is 6.92 Å². The van der Waals surface area contributed by atoms with E-state index in [0.717, 1.165) is 0 Å². The van der Waals surface area contributed by atoms with Gasteiger partial charge >= 0.3 is 60.6 Å². The first-order valence-corrected chi connectivity index (χ1v) is 8.96. The Hall–Kier alpha value is 0.0800. The zero-order chi connectivity index (χ0) is 6.74. The number of halogens is 1. The molecule has 1 unspecified atom stereocenters. The van der Waals surface area contributed by atoms with Gasteiger partial charge < -0.3 is 0 Å². The van der Waals surface area contributed by atoms with Crippen molar-refractivity contribution in [3.05, 3.63) is 22.3 Å². The summed E-state index contributed by atoms with van der Waals surface area (Å²) in [4.78, 5) is 0. The number of alkyl halides is 2. The Morgan fingerprint density at radius 1 is 1.56 bits per heavy atom. The molecule has 0 saturated heterocycles. The standard InChI is InChI=1S/C8H13I/c1-3-9(2)7-5-4-6-8-9/h4-7H,2-3,8H2,1H3. The van der Waals surface area contributed by atoms with Crippen molar-refractivity contribution >= 4 is 22.5 Å². The van der Waals surface area contributed by atoms with Crippen molar-refractivity contribution in [2.24, 2.45) is 0 Å². The summed E-state index contributed by atoms with van der Waals surface area (Å²) in [6, 6.07) is 0. The van der Waals surface area contributed by atoms with Crippen molar-refractivity contribution in [2.75, 3.05) is 8.86 Å². The summed E-state index contributed by atoms with van der Waals surface area (Å²) in [7, 11) is 0. The van der Waals surface area contributed by atoms with Gasteiger partial charge in [0.1, 0.15) is 0 Å². The van der Waals surface area contributed by atoms with E-state index in [1.165, 1.54) is 8.86 Å². The molecule has 0 spiro atoms. The van der Waals surface area contributed by atoms with Gasteiger partial charge in [0.15, 0.2) is 0 Å². The van der Waals surface area contributed by atoms with Crippen molar-refractivity contribution < 1.29 is 0 Å². The van der Waals surface area contributed by atoms with E-state index in [1.807, 2.05) is 0 Å². The van der Waals surface area contributed by atoms with Gasteiger partial charge in [0, 0.05) is 0 Å².